The van der Waals surface area contributed by atoms with Crippen LogP contribution in [0.15, 0.2) is 0 Å². The summed E-state index contributed by atoms with van der Waals surface area (Å²) in [6.07, 6.45) is 0.903. The van der Waals surface area contributed by atoms with Gasteiger partial charge in [-0.3, -0.25) is 4.79 Å². The summed E-state index contributed by atoms with van der Waals surface area (Å²) in [5, 5.41) is -0.267. The number of hydrogen-bond acceptors (Lipinski definition) is 2. The van der Waals surface area contributed by atoms with Gasteiger partial charge < -0.3 is 4.74 Å². The van der Waals surface area contributed by atoms with E-state index >= 15 is 0 Å². The van der Waals surface area contributed by atoms with Crippen LogP contribution in [0.5, 0.6) is 0 Å². The second kappa shape index (κ2) is 5.67. The van der Waals surface area contributed by atoms with E-state index in [1.54, 1.807) is 6.92 Å². The Bertz CT molecular complexity index is 126. The fourth-order valence-corrected chi connectivity index (χ4v) is 0.823. The van der Waals surface area contributed by atoms with Crippen LogP contribution < -0.4 is 0 Å². The molecular formula is C7H12Cl2O2. The summed E-state index contributed by atoms with van der Waals surface area (Å²) in [7, 11) is 1.36. The quantitative estimate of drug-likeness (QED) is 0.512. The van der Waals surface area contributed by atoms with Gasteiger partial charge in [0.25, 0.3) is 0 Å². The van der Waals surface area contributed by atoms with Crippen LogP contribution >= 0.6 is 23.2 Å². The third-order valence-electron chi connectivity index (χ3n) is 1.35. The van der Waals surface area contributed by atoms with Crippen molar-refractivity contribution in [1.82, 2.24) is 0 Å². The van der Waals surface area contributed by atoms with E-state index in [2.05, 4.69) is 4.74 Å². The highest BCUT2D eigenvalue weighted by molar-refractivity contribution is 6.29. The molecule has 0 bridgehead atoms. The number of carbonyl (C=O) groups is 1. The molecule has 2 nitrogen and oxygen atoms in total. The van der Waals surface area contributed by atoms with Gasteiger partial charge in [0.05, 0.1) is 12.5 Å². The van der Waals surface area contributed by atoms with Crippen LogP contribution in [0.25, 0.3) is 0 Å². The molecule has 0 aromatic carbocycles. The van der Waals surface area contributed by atoms with Crippen molar-refractivity contribution in [1.29, 1.82) is 0 Å². The van der Waals surface area contributed by atoms with Gasteiger partial charge in [-0.25, -0.2) is 0 Å². The average molecular weight is 199 g/mol. The molecule has 11 heavy (non-hydrogen) atoms. The Morgan fingerprint density at radius 3 is 2.45 bits per heavy atom. The SMILES string of the molecule is COC(=O)CCC(Cl)C(C)Cl. The van der Waals surface area contributed by atoms with Gasteiger partial charge in [-0.2, -0.15) is 0 Å². The number of hydrogen-bond donors (Lipinski definition) is 0. The van der Waals surface area contributed by atoms with Crippen molar-refractivity contribution in [3.63, 3.8) is 0 Å². The molecule has 0 aromatic heterocycles. The summed E-state index contributed by atoms with van der Waals surface area (Å²) in [6, 6.07) is 0. The van der Waals surface area contributed by atoms with E-state index in [0.29, 0.717) is 12.8 Å². The molecule has 0 aliphatic carbocycles. The zero-order valence-corrected chi connectivity index (χ0v) is 8.15. The molecule has 0 saturated heterocycles. The van der Waals surface area contributed by atoms with Crippen molar-refractivity contribution in [2.45, 2.75) is 30.5 Å². The first-order valence-corrected chi connectivity index (χ1v) is 4.30. The number of methoxy groups -OCH3 is 1. The molecule has 0 fully saturated rings. The molecular weight excluding hydrogens is 187 g/mol. The highest BCUT2D eigenvalue weighted by Crippen LogP contribution is 2.14. The lowest BCUT2D eigenvalue weighted by atomic mass is 10.2. The molecule has 0 aliphatic heterocycles. The number of halogens is 2. The highest BCUT2D eigenvalue weighted by atomic mass is 35.5. The molecule has 0 aromatic rings. The summed E-state index contributed by atoms with van der Waals surface area (Å²) >= 11 is 11.4. The van der Waals surface area contributed by atoms with Gasteiger partial charge in [-0.1, -0.05) is 0 Å². The predicted octanol–water partition coefficient (Wildman–Crippen LogP) is 2.17. The van der Waals surface area contributed by atoms with Gasteiger partial charge in [0.1, 0.15) is 0 Å². The van der Waals surface area contributed by atoms with Gasteiger partial charge in [0.15, 0.2) is 0 Å². The van der Waals surface area contributed by atoms with Crippen LogP contribution in [0.3, 0.4) is 0 Å². The number of alkyl halides is 2. The van der Waals surface area contributed by atoms with E-state index in [-0.39, 0.29) is 16.7 Å². The number of ether oxygens (including phenoxy) is 1. The molecule has 0 saturated carbocycles. The molecule has 0 aliphatic rings. The average Bonchev–Trinajstić information content (AvgIpc) is 1.99. The standard InChI is InChI=1S/C7H12Cl2O2/c1-5(8)6(9)3-4-7(10)11-2/h5-6H,3-4H2,1-2H3. The maximum atomic E-state index is 10.6. The Morgan fingerprint density at radius 2 is 2.09 bits per heavy atom. The van der Waals surface area contributed by atoms with E-state index < -0.39 is 0 Å². The lowest BCUT2D eigenvalue weighted by Gasteiger charge is -2.09. The number of esters is 1. The van der Waals surface area contributed by atoms with E-state index in [9.17, 15) is 4.79 Å². The van der Waals surface area contributed by atoms with Crippen LogP contribution in [-0.4, -0.2) is 23.8 Å². The first kappa shape index (κ1) is 11.1. The lowest BCUT2D eigenvalue weighted by Crippen LogP contribution is -2.13. The molecule has 0 spiro atoms. The van der Waals surface area contributed by atoms with Crippen LogP contribution in [-0.2, 0) is 9.53 Å². The highest BCUT2D eigenvalue weighted by Gasteiger charge is 2.13. The maximum absolute atomic E-state index is 10.6. The molecule has 0 amide bonds. The summed E-state index contributed by atoms with van der Waals surface area (Å²) in [4.78, 5) is 10.6. The van der Waals surface area contributed by atoms with Gasteiger partial charge in [0, 0.05) is 11.8 Å². The lowest BCUT2D eigenvalue weighted by molar-refractivity contribution is -0.140. The van der Waals surface area contributed by atoms with Crippen molar-refractivity contribution in [3.8, 4) is 0 Å². The van der Waals surface area contributed by atoms with E-state index in [4.69, 9.17) is 23.2 Å². The van der Waals surface area contributed by atoms with Crippen molar-refractivity contribution in [3.05, 3.63) is 0 Å². The van der Waals surface area contributed by atoms with Crippen molar-refractivity contribution < 1.29 is 9.53 Å². The van der Waals surface area contributed by atoms with E-state index in [1.165, 1.54) is 7.11 Å². The summed E-state index contributed by atoms with van der Waals surface area (Å²) in [5.41, 5.74) is 0. The largest absolute Gasteiger partial charge is 0.469 e. The smallest absolute Gasteiger partial charge is 0.305 e. The molecule has 2 unspecified atom stereocenters. The topological polar surface area (TPSA) is 26.3 Å². The Kier molecular flexibility index (Phi) is 5.69. The van der Waals surface area contributed by atoms with Crippen LogP contribution in [0.4, 0.5) is 0 Å². The molecule has 66 valence electrons. The van der Waals surface area contributed by atoms with Gasteiger partial charge in [-0.15, -0.1) is 23.2 Å². The Balaban J connectivity index is 3.45. The third-order valence-corrected chi connectivity index (χ3v) is 2.38. The maximum Gasteiger partial charge on any atom is 0.305 e. The van der Waals surface area contributed by atoms with Crippen LogP contribution in [0, 0.1) is 0 Å². The van der Waals surface area contributed by atoms with E-state index in [1.807, 2.05) is 0 Å². The van der Waals surface area contributed by atoms with Gasteiger partial charge >= 0.3 is 5.97 Å². The van der Waals surface area contributed by atoms with Gasteiger partial charge in [-0.05, 0) is 13.3 Å². The van der Waals surface area contributed by atoms with Crippen LogP contribution in [0.2, 0.25) is 0 Å². The fraction of sp³-hybridized carbons (Fsp3) is 0.857. The summed E-state index contributed by atoms with van der Waals surface area (Å²) < 4.78 is 4.44. The molecule has 0 rings (SSSR count). The van der Waals surface area contributed by atoms with Crippen LogP contribution in [0.1, 0.15) is 19.8 Å². The second-order valence-electron chi connectivity index (χ2n) is 2.31. The molecule has 4 heteroatoms. The minimum Gasteiger partial charge on any atom is -0.469 e. The zero-order valence-electron chi connectivity index (χ0n) is 6.64. The molecule has 0 radical (unpaired) electrons. The number of rotatable bonds is 4. The number of carbonyl (C=O) groups excluding carboxylic acids is 1. The first-order valence-electron chi connectivity index (χ1n) is 3.43. The monoisotopic (exact) mass is 198 g/mol. The summed E-state index contributed by atoms with van der Waals surface area (Å²) in [6.45, 7) is 1.80. The van der Waals surface area contributed by atoms with Gasteiger partial charge in [0.2, 0.25) is 0 Å². The normalized spacial score (nSPS) is 15.6. The zero-order chi connectivity index (χ0) is 8.85. The Morgan fingerprint density at radius 1 is 1.55 bits per heavy atom. The summed E-state index contributed by atoms with van der Waals surface area (Å²) in [5.74, 6) is -0.243. The van der Waals surface area contributed by atoms with Crippen molar-refractivity contribution in [2.24, 2.45) is 0 Å². The van der Waals surface area contributed by atoms with E-state index in [0.717, 1.165) is 0 Å². The Hall–Kier alpha value is 0.0500. The fourth-order valence-electron chi connectivity index (χ4n) is 0.587. The predicted molar refractivity (Wildman–Crippen MR) is 46.2 cm³/mol. The molecule has 2 atom stereocenters. The minimum absolute atomic E-state index is 0.110. The second-order valence-corrected chi connectivity index (χ2v) is 3.56. The van der Waals surface area contributed by atoms with Crippen molar-refractivity contribution >= 4 is 29.2 Å². The molecule has 0 N–H and O–H groups in total. The first-order chi connectivity index (χ1) is 5.07. The minimum atomic E-state index is -0.243. The van der Waals surface area contributed by atoms with Crippen molar-refractivity contribution in [2.75, 3.05) is 7.11 Å². The third kappa shape index (κ3) is 5.33. The molecule has 0 heterocycles. The Labute approximate surface area is 76.8 Å².